The molecule has 2 aromatic rings. The highest BCUT2D eigenvalue weighted by Crippen LogP contribution is 2.13. The van der Waals surface area contributed by atoms with E-state index < -0.39 is 0 Å². The summed E-state index contributed by atoms with van der Waals surface area (Å²) in [7, 11) is 4.02. The van der Waals surface area contributed by atoms with Gasteiger partial charge in [-0.05, 0) is 44.5 Å². The average molecular weight is 537 g/mol. The van der Waals surface area contributed by atoms with Crippen molar-refractivity contribution in [2.24, 2.45) is 4.99 Å². The van der Waals surface area contributed by atoms with Crippen molar-refractivity contribution >= 4 is 29.9 Å². The van der Waals surface area contributed by atoms with E-state index in [2.05, 4.69) is 86.8 Å². The molecule has 2 N–H and O–H groups in total. The summed E-state index contributed by atoms with van der Waals surface area (Å²) in [5, 5.41) is 7.12. The number of likely N-dealkylation sites (N-methyl/N-ethyl adjacent to an activating group) is 1. The van der Waals surface area contributed by atoms with Crippen LogP contribution in [0.3, 0.4) is 0 Å². The molecule has 2 heterocycles. The highest BCUT2D eigenvalue weighted by atomic mass is 127. The number of piperidine rings is 1. The number of aromatic nitrogens is 1. The van der Waals surface area contributed by atoms with Gasteiger partial charge in [-0.25, -0.2) is 0 Å². The number of hydrogen-bond acceptors (Lipinski definition) is 4. The summed E-state index contributed by atoms with van der Waals surface area (Å²) < 4.78 is 0. The zero-order chi connectivity index (χ0) is 21.2. The molecule has 7 heteroatoms. The van der Waals surface area contributed by atoms with Crippen molar-refractivity contribution in [1.82, 2.24) is 25.4 Å². The molecule has 1 unspecified atom stereocenters. The van der Waals surface area contributed by atoms with E-state index in [0.717, 1.165) is 57.2 Å². The molecule has 1 aromatic heterocycles. The molecule has 0 spiro atoms. The van der Waals surface area contributed by atoms with Crippen LogP contribution in [0.15, 0.2) is 59.7 Å². The smallest absolute Gasteiger partial charge is 0.191 e. The lowest BCUT2D eigenvalue weighted by Gasteiger charge is -2.33. The van der Waals surface area contributed by atoms with Crippen LogP contribution in [0.4, 0.5) is 0 Å². The van der Waals surface area contributed by atoms with Crippen molar-refractivity contribution in [2.75, 3.05) is 33.7 Å². The monoisotopic (exact) mass is 536 g/mol. The number of likely N-dealkylation sites (tertiary alicyclic amines) is 1. The second-order valence-electron chi connectivity index (χ2n) is 8.22. The number of rotatable bonds is 8. The highest BCUT2D eigenvalue weighted by molar-refractivity contribution is 14.0. The Balaban J connectivity index is 0.00000341. The molecule has 1 saturated heterocycles. The van der Waals surface area contributed by atoms with Gasteiger partial charge in [-0.2, -0.15) is 0 Å². The quantitative estimate of drug-likeness (QED) is 0.308. The third-order valence-electron chi connectivity index (χ3n) is 5.86. The van der Waals surface area contributed by atoms with Crippen molar-refractivity contribution in [3.05, 3.63) is 66.0 Å². The van der Waals surface area contributed by atoms with E-state index in [1.54, 1.807) is 0 Å². The molecule has 0 saturated carbocycles. The Labute approximate surface area is 204 Å². The normalized spacial score (nSPS) is 16.6. The fourth-order valence-corrected chi connectivity index (χ4v) is 3.77. The number of nitrogens with one attached hydrogen (secondary N) is 2. The molecule has 6 nitrogen and oxygen atoms in total. The molecule has 1 atom stereocenters. The number of guanidine groups is 1. The van der Waals surface area contributed by atoms with Gasteiger partial charge < -0.3 is 10.6 Å². The molecule has 1 aliphatic heterocycles. The van der Waals surface area contributed by atoms with E-state index >= 15 is 0 Å². The minimum absolute atomic E-state index is 0. The maximum atomic E-state index is 4.44. The van der Waals surface area contributed by atoms with Gasteiger partial charge in [0.05, 0.1) is 5.69 Å². The van der Waals surface area contributed by atoms with E-state index in [4.69, 9.17) is 0 Å². The first-order chi connectivity index (χ1) is 14.6. The van der Waals surface area contributed by atoms with Gasteiger partial charge >= 0.3 is 0 Å². The lowest BCUT2D eigenvalue weighted by atomic mass is 10.0. The van der Waals surface area contributed by atoms with Crippen molar-refractivity contribution < 1.29 is 0 Å². The third kappa shape index (κ3) is 8.74. The number of aliphatic imine (C=N–C) groups is 1. The first-order valence-electron chi connectivity index (χ1n) is 11.0. The van der Waals surface area contributed by atoms with Gasteiger partial charge in [0.1, 0.15) is 0 Å². The Hall–Kier alpha value is -1.71. The Kier molecular flexibility index (Phi) is 11.2. The van der Waals surface area contributed by atoms with Crippen LogP contribution in [0.25, 0.3) is 0 Å². The van der Waals surface area contributed by atoms with Crippen LogP contribution in [0.1, 0.15) is 31.0 Å². The predicted molar refractivity (Wildman–Crippen MR) is 140 cm³/mol. The largest absolute Gasteiger partial charge is 0.355 e. The molecule has 3 rings (SSSR count). The number of hydrogen-bond donors (Lipinski definition) is 2. The third-order valence-corrected chi connectivity index (χ3v) is 5.86. The van der Waals surface area contributed by atoms with Gasteiger partial charge in [-0.15, -0.1) is 24.0 Å². The first-order valence-corrected chi connectivity index (χ1v) is 11.0. The minimum Gasteiger partial charge on any atom is -0.355 e. The number of benzene rings is 1. The highest BCUT2D eigenvalue weighted by Gasteiger charge is 2.20. The van der Waals surface area contributed by atoms with E-state index in [9.17, 15) is 0 Å². The summed E-state index contributed by atoms with van der Waals surface area (Å²) in [5.74, 6) is 0.901. The van der Waals surface area contributed by atoms with Crippen molar-refractivity contribution in [2.45, 2.75) is 44.9 Å². The number of halogens is 1. The first kappa shape index (κ1) is 25.5. The van der Waals surface area contributed by atoms with Crippen LogP contribution in [0.5, 0.6) is 0 Å². The van der Waals surface area contributed by atoms with Crippen LogP contribution in [-0.4, -0.2) is 66.6 Å². The topological polar surface area (TPSA) is 55.8 Å². The zero-order valence-corrected chi connectivity index (χ0v) is 21.3. The van der Waals surface area contributed by atoms with Gasteiger partial charge in [0.25, 0.3) is 0 Å². The molecular formula is C24H37IN6. The van der Waals surface area contributed by atoms with E-state index in [-0.39, 0.29) is 24.0 Å². The molecule has 0 radical (unpaired) electrons. The molecule has 0 aliphatic carbocycles. The maximum absolute atomic E-state index is 4.44. The molecular weight excluding hydrogens is 499 g/mol. The van der Waals surface area contributed by atoms with E-state index in [1.807, 2.05) is 19.3 Å². The van der Waals surface area contributed by atoms with Gasteiger partial charge in [-0.1, -0.05) is 36.4 Å². The van der Waals surface area contributed by atoms with Crippen LogP contribution in [0.2, 0.25) is 0 Å². The summed E-state index contributed by atoms with van der Waals surface area (Å²) in [5.41, 5.74) is 2.49. The van der Waals surface area contributed by atoms with Gasteiger partial charge in [0.2, 0.25) is 0 Å². The maximum Gasteiger partial charge on any atom is 0.191 e. The van der Waals surface area contributed by atoms with Crippen LogP contribution < -0.4 is 10.6 Å². The van der Waals surface area contributed by atoms with Crippen LogP contribution >= 0.6 is 24.0 Å². The summed E-state index contributed by atoms with van der Waals surface area (Å²) in [4.78, 5) is 13.7. The summed E-state index contributed by atoms with van der Waals surface area (Å²) in [6.07, 6.45) is 4.12. The van der Waals surface area contributed by atoms with Gasteiger partial charge in [0.15, 0.2) is 5.96 Å². The summed E-state index contributed by atoms with van der Waals surface area (Å²) in [6, 6.07) is 17.6. The molecule has 0 amide bonds. The molecule has 1 aliphatic rings. The van der Waals surface area contributed by atoms with Crippen LogP contribution in [-0.2, 0) is 13.1 Å². The fraction of sp³-hybridized carbons (Fsp3) is 0.500. The second kappa shape index (κ2) is 13.6. The number of nitrogens with zero attached hydrogens (tertiary/aromatic N) is 4. The Morgan fingerprint density at radius 1 is 1.16 bits per heavy atom. The molecule has 170 valence electrons. The van der Waals surface area contributed by atoms with Crippen molar-refractivity contribution in [3.8, 4) is 0 Å². The van der Waals surface area contributed by atoms with Gasteiger partial charge in [0, 0.05) is 58.1 Å². The Morgan fingerprint density at radius 2 is 1.87 bits per heavy atom. The summed E-state index contributed by atoms with van der Waals surface area (Å²) in [6.45, 7) is 7.17. The SMILES string of the molecule is CN=C(NCC(C)N(C)Cc1ccccc1)NC1CCN(Cc2ccccn2)CC1.I. The molecule has 31 heavy (non-hydrogen) atoms. The predicted octanol–water partition coefficient (Wildman–Crippen LogP) is 3.35. The second-order valence-corrected chi connectivity index (χ2v) is 8.22. The average Bonchev–Trinajstić information content (AvgIpc) is 2.79. The summed E-state index contributed by atoms with van der Waals surface area (Å²) >= 11 is 0. The van der Waals surface area contributed by atoms with Crippen LogP contribution in [0, 0.1) is 0 Å². The van der Waals surface area contributed by atoms with E-state index in [0.29, 0.717) is 12.1 Å². The van der Waals surface area contributed by atoms with E-state index in [1.165, 1.54) is 5.56 Å². The van der Waals surface area contributed by atoms with Crippen molar-refractivity contribution in [3.63, 3.8) is 0 Å². The lowest BCUT2D eigenvalue weighted by Crippen LogP contribution is -2.50. The molecule has 1 aromatic carbocycles. The van der Waals surface area contributed by atoms with Gasteiger partial charge in [-0.3, -0.25) is 19.8 Å². The number of pyridine rings is 1. The molecule has 1 fully saturated rings. The Bertz CT molecular complexity index is 762. The standard InChI is InChI=1S/C24H36N6.HI/c1-20(29(3)18-21-9-5-4-6-10-21)17-27-24(25-2)28-22-12-15-30(16-13-22)19-23-11-7-8-14-26-23;/h4-11,14,20,22H,12-13,15-19H2,1-3H3,(H2,25,27,28);1H. The zero-order valence-electron chi connectivity index (χ0n) is 19.0. The molecule has 0 bridgehead atoms. The Morgan fingerprint density at radius 3 is 2.52 bits per heavy atom. The fourth-order valence-electron chi connectivity index (χ4n) is 3.77. The van der Waals surface area contributed by atoms with Crippen molar-refractivity contribution in [1.29, 1.82) is 0 Å². The minimum atomic E-state index is 0. The lowest BCUT2D eigenvalue weighted by molar-refractivity contribution is 0.196.